The van der Waals surface area contributed by atoms with Crippen LogP contribution in [-0.2, 0) is 5.41 Å². The van der Waals surface area contributed by atoms with Crippen LogP contribution < -0.4 is 5.32 Å². The van der Waals surface area contributed by atoms with Gasteiger partial charge >= 0.3 is 0 Å². The average Bonchev–Trinajstić information content (AvgIpc) is 3.32. The molecule has 0 saturated heterocycles. The Kier molecular flexibility index (Phi) is 3.57. The summed E-state index contributed by atoms with van der Waals surface area (Å²) in [5.41, 5.74) is 7.88. The molecule has 1 aliphatic carbocycles. The SMILES string of the molecule is CC1(C)c2ccccc2-c2c1ccc1c2ccn1C1C=CNC(c2ccccc2)=N1. The minimum Gasteiger partial charge on any atom is -0.347 e. The van der Waals surface area contributed by atoms with Gasteiger partial charge in [-0.15, -0.1) is 0 Å². The highest BCUT2D eigenvalue weighted by molar-refractivity contribution is 6.02. The second-order valence-electron chi connectivity index (χ2n) is 8.58. The third-order valence-corrected chi connectivity index (χ3v) is 6.53. The van der Waals surface area contributed by atoms with Crippen molar-refractivity contribution in [2.24, 2.45) is 4.99 Å². The normalized spacial score (nSPS) is 18.6. The molecule has 3 heteroatoms. The number of aromatic nitrogens is 1. The van der Waals surface area contributed by atoms with Crippen molar-refractivity contribution in [2.75, 3.05) is 0 Å². The maximum atomic E-state index is 4.99. The Morgan fingerprint density at radius 3 is 2.53 bits per heavy atom. The van der Waals surface area contributed by atoms with Gasteiger partial charge in [0.15, 0.2) is 0 Å². The first-order valence-electron chi connectivity index (χ1n) is 10.4. The number of hydrogen-bond donors (Lipinski definition) is 1. The van der Waals surface area contributed by atoms with E-state index in [1.807, 2.05) is 24.4 Å². The second kappa shape index (κ2) is 6.20. The molecule has 1 atom stereocenters. The van der Waals surface area contributed by atoms with Crippen molar-refractivity contribution >= 4 is 16.7 Å². The molecular weight excluding hydrogens is 366 g/mol. The van der Waals surface area contributed by atoms with Gasteiger partial charge in [-0.1, -0.05) is 74.5 Å². The standard InChI is InChI=1S/C27H23N3/c1-27(2)21-11-7-6-10-19(21)25-20-15-17-30(23(20)13-12-22(25)27)24-14-16-28-26(29-24)18-8-4-3-5-9-18/h3-17,24H,1-2H3,(H,28,29). The van der Waals surface area contributed by atoms with Crippen molar-refractivity contribution in [3.63, 3.8) is 0 Å². The lowest BCUT2D eigenvalue weighted by Crippen LogP contribution is -2.24. The number of amidine groups is 1. The van der Waals surface area contributed by atoms with E-state index in [1.54, 1.807) is 0 Å². The fourth-order valence-electron chi connectivity index (χ4n) is 5.00. The summed E-state index contributed by atoms with van der Waals surface area (Å²) >= 11 is 0. The Bertz CT molecular complexity index is 1340. The van der Waals surface area contributed by atoms with Crippen LogP contribution >= 0.6 is 0 Å². The van der Waals surface area contributed by atoms with E-state index in [-0.39, 0.29) is 11.6 Å². The van der Waals surface area contributed by atoms with E-state index in [1.165, 1.54) is 33.2 Å². The highest BCUT2D eigenvalue weighted by Crippen LogP contribution is 2.51. The van der Waals surface area contributed by atoms with Crippen LogP contribution in [0.5, 0.6) is 0 Å². The molecule has 1 N–H and O–H groups in total. The van der Waals surface area contributed by atoms with Crippen LogP contribution in [0.15, 0.2) is 96.3 Å². The van der Waals surface area contributed by atoms with Crippen molar-refractivity contribution in [3.8, 4) is 11.1 Å². The van der Waals surface area contributed by atoms with Crippen LogP contribution in [0.25, 0.3) is 22.0 Å². The summed E-state index contributed by atoms with van der Waals surface area (Å²) in [5.74, 6) is 0.901. The second-order valence-corrected chi connectivity index (χ2v) is 8.58. The molecule has 0 amide bonds. The van der Waals surface area contributed by atoms with Crippen LogP contribution in [0.3, 0.4) is 0 Å². The summed E-state index contributed by atoms with van der Waals surface area (Å²) in [5, 5.41) is 4.60. The molecule has 4 aromatic rings. The summed E-state index contributed by atoms with van der Waals surface area (Å²) in [6.07, 6.45) is 6.21. The van der Waals surface area contributed by atoms with Gasteiger partial charge in [0, 0.05) is 28.8 Å². The molecule has 1 aliphatic heterocycles. The van der Waals surface area contributed by atoms with Gasteiger partial charge in [-0.2, -0.15) is 0 Å². The molecule has 0 radical (unpaired) electrons. The molecule has 1 aromatic heterocycles. The number of hydrogen-bond acceptors (Lipinski definition) is 2. The molecule has 0 fully saturated rings. The fraction of sp³-hybridized carbons (Fsp3) is 0.148. The molecule has 2 aliphatic rings. The molecule has 146 valence electrons. The Morgan fingerprint density at radius 2 is 1.67 bits per heavy atom. The number of benzene rings is 3. The number of aliphatic imine (C=N–C) groups is 1. The molecule has 3 aromatic carbocycles. The zero-order valence-electron chi connectivity index (χ0n) is 17.1. The smallest absolute Gasteiger partial charge is 0.147 e. The molecule has 3 nitrogen and oxygen atoms in total. The summed E-state index contributed by atoms with van der Waals surface area (Å²) in [4.78, 5) is 4.99. The molecule has 0 spiro atoms. The number of nitrogens with one attached hydrogen (secondary N) is 1. The highest BCUT2D eigenvalue weighted by Gasteiger charge is 2.36. The topological polar surface area (TPSA) is 29.3 Å². The molecule has 0 saturated carbocycles. The van der Waals surface area contributed by atoms with Crippen LogP contribution in [-0.4, -0.2) is 10.4 Å². The summed E-state index contributed by atoms with van der Waals surface area (Å²) in [6, 6.07) is 25.9. The third kappa shape index (κ3) is 2.35. The van der Waals surface area contributed by atoms with Crippen LogP contribution in [0.4, 0.5) is 0 Å². The molecule has 1 unspecified atom stereocenters. The number of rotatable bonds is 2. The van der Waals surface area contributed by atoms with Gasteiger partial charge in [0.1, 0.15) is 12.0 Å². The molecule has 6 rings (SSSR count). The first-order chi connectivity index (χ1) is 14.6. The number of fused-ring (bicyclic) bond motifs is 5. The molecule has 30 heavy (non-hydrogen) atoms. The van der Waals surface area contributed by atoms with E-state index in [0.29, 0.717) is 0 Å². The van der Waals surface area contributed by atoms with E-state index in [2.05, 4.69) is 90.6 Å². The first-order valence-corrected chi connectivity index (χ1v) is 10.4. The van der Waals surface area contributed by atoms with Crippen LogP contribution in [0.2, 0.25) is 0 Å². The van der Waals surface area contributed by atoms with Gasteiger partial charge in [0.25, 0.3) is 0 Å². The van der Waals surface area contributed by atoms with Crippen molar-refractivity contribution in [1.29, 1.82) is 0 Å². The zero-order valence-corrected chi connectivity index (χ0v) is 17.1. The largest absolute Gasteiger partial charge is 0.347 e. The van der Waals surface area contributed by atoms with E-state index < -0.39 is 0 Å². The summed E-state index contributed by atoms with van der Waals surface area (Å²) < 4.78 is 2.27. The minimum absolute atomic E-state index is 0.0233. The van der Waals surface area contributed by atoms with Gasteiger partial charge in [-0.3, -0.25) is 0 Å². The monoisotopic (exact) mass is 389 g/mol. The Labute approximate surface area is 176 Å². The Balaban J connectivity index is 1.51. The molecule has 2 heterocycles. The summed E-state index contributed by atoms with van der Waals surface area (Å²) in [6.45, 7) is 4.65. The predicted octanol–water partition coefficient (Wildman–Crippen LogP) is 6.01. The lowest BCUT2D eigenvalue weighted by Gasteiger charge is -2.22. The van der Waals surface area contributed by atoms with Crippen molar-refractivity contribution < 1.29 is 0 Å². The maximum absolute atomic E-state index is 4.99. The van der Waals surface area contributed by atoms with Crippen LogP contribution in [0, 0.1) is 0 Å². The van der Waals surface area contributed by atoms with Crippen molar-refractivity contribution in [3.05, 3.63) is 108 Å². The molecule has 0 bridgehead atoms. The third-order valence-electron chi connectivity index (χ3n) is 6.53. The minimum atomic E-state index is -0.0679. The van der Waals surface area contributed by atoms with E-state index in [4.69, 9.17) is 4.99 Å². The summed E-state index contributed by atoms with van der Waals surface area (Å²) in [7, 11) is 0. The fourth-order valence-corrected chi connectivity index (χ4v) is 5.00. The maximum Gasteiger partial charge on any atom is 0.147 e. The Morgan fingerprint density at radius 1 is 0.867 bits per heavy atom. The van der Waals surface area contributed by atoms with Gasteiger partial charge in [-0.25, -0.2) is 4.99 Å². The molecular formula is C27H23N3. The predicted molar refractivity (Wildman–Crippen MR) is 124 cm³/mol. The lowest BCUT2D eigenvalue weighted by molar-refractivity contribution is 0.644. The average molecular weight is 390 g/mol. The number of nitrogens with zero attached hydrogens (tertiary/aromatic N) is 2. The van der Waals surface area contributed by atoms with E-state index in [9.17, 15) is 0 Å². The van der Waals surface area contributed by atoms with Crippen LogP contribution in [0.1, 0.15) is 36.7 Å². The van der Waals surface area contributed by atoms with Crippen molar-refractivity contribution in [2.45, 2.75) is 25.4 Å². The Hall–Kier alpha value is -3.59. The van der Waals surface area contributed by atoms with E-state index in [0.717, 1.165) is 11.4 Å². The van der Waals surface area contributed by atoms with Gasteiger partial charge in [-0.05, 0) is 40.5 Å². The zero-order chi connectivity index (χ0) is 20.3. The van der Waals surface area contributed by atoms with Crippen molar-refractivity contribution in [1.82, 2.24) is 9.88 Å². The highest BCUT2D eigenvalue weighted by atomic mass is 15.2. The first kappa shape index (κ1) is 17.3. The van der Waals surface area contributed by atoms with Gasteiger partial charge in [0.05, 0.1) is 5.52 Å². The lowest BCUT2D eigenvalue weighted by atomic mass is 9.82. The quantitative estimate of drug-likeness (QED) is 0.447. The van der Waals surface area contributed by atoms with Gasteiger partial charge < -0.3 is 9.88 Å². The van der Waals surface area contributed by atoms with Gasteiger partial charge in [0.2, 0.25) is 0 Å². The van der Waals surface area contributed by atoms with E-state index >= 15 is 0 Å².